The average molecular weight is 599 g/mol. The molecule has 0 aliphatic carbocycles. The topological polar surface area (TPSA) is 84.0 Å². The minimum absolute atomic E-state index is 0.264. The number of anilines is 2. The van der Waals surface area contributed by atoms with E-state index in [2.05, 4.69) is 10.6 Å². The van der Waals surface area contributed by atoms with Crippen molar-refractivity contribution in [2.75, 3.05) is 10.6 Å². The second kappa shape index (κ2) is 12.1. The molecule has 0 atom stereocenters. The van der Waals surface area contributed by atoms with E-state index < -0.39 is 0 Å². The van der Waals surface area contributed by atoms with Crippen molar-refractivity contribution in [2.24, 2.45) is 0 Å². The number of carbonyl (C=O) groups excluding carboxylic acids is 2. The number of aryl methyl sites for hydroxylation is 2. The second-order valence-corrected chi connectivity index (χ2v) is 11.3. The first-order valence-corrected chi connectivity index (χ1v) is 15.1. The maximum atomic E-state index is 13.8. The van der Waals surface area contributed by atoms with Crippen molar-refractivity contribution in [3.05, 3.63) is 156 Å². The van der Waals surface area contributed by atoms with Gasteiger partial charge in [-0.1, -0.05) is 91.0 Å². The zero-order chi connectivity index (χ0) is 31.6. The fourth-order valence-electron chi connectivity index (χ4n) is 5.79. The van der Waals surface area contributed by atoms with Gasteiger partial charge in [0.05, 0.1) is 33.5 Å². The predicted molar refractivity (Wildman–Crippen MR) is 186 cm³/mol. The molecule has 0 saturated carbocycles. The van der Waals surface area contributed by atoms with Gasteiger partial charge in [0.25, 0.3) is 11.8 Å². The highest BCUT2D eigenvalue weighted by molar-refractivity contribution is 6.15. The third-order valence-corrected chi connectivity index (χ3v) is 8.14. The summed E-state index contributed by atoms with van der Waals surface area (Å²) in [5.41, 5.74) is 9.20. The van der Waals surface area contributed by atoms with Crippen LogP contribution in [0.2, 0.25) is 0 Å². The van der Waals surface area contributed by atoms with Crippen LogP contribution < -0.4 is 10.6 Å². The van der Waals surface area contributed by atoms with Gasteiger partial charge in [0.15, 0.2) is 0 Å². The predicted octanol–water partition coefficient (Wildman–Crippen LogP) is 9.24. The zero-order valence-electron chi connectivity index (χ0n) is 25.4. The van der Waals surface area contributed by atoms with Gasteiger partial charge in [0.1, 0.15) is 0 Å². The van der Waals surface area contributed by atoms with Gasteiger partial charge >= 0.3 is 0 Å². The lowest BCUT2D eigenvalue weighted by Crippen LogP contribution is -2.15. The van der Waals surface area contributed by atoms with E-state index in [9.17, 15) is 9.59 Å². The van der Waals surface area contributed by atoms with E-state index >= 15 is 0 Å². The van der Waals surface area contributed by atoms with Crippen LogP contribution in [0.3, 0.4) is 0 Å². The Morgan fingerprint density at radius 3 is 1.35 bits per heavy atom. The summed E-state index contributed by atoms with van der Waals surface area (Å²) in [6.45, 7) is 4.06. The number of aromatic nitrogens is 2. The van der Waals surface area contributed by atoms with E-state index in [0.29, 0.717) is 22.5 Å². The lowest BCUT2D eigenvalue weighted by molar-refractivity contribution is 0.102. The molecule has 0 spiro atoms. The number of para-hydroxylation sites is 2. The fourth-order valence-corrected chi connectivity index (χ4v) is 5.79. The van der Waals surface area contributed by atoms with Crippen LogP contribution in [0.5, 0.6) is 0 Å². The molecule has 222 valence electrons. The van der Waals surface area contributed by atoms with Crippen LogP contribution in [0.15, 0.2) is 133 Å². The van der Waals surface area contributed by atoms with E-state index in [0.717, 1.165) is 55.4 Å². The first kappa shape index (κ1) is 28.6. The normalized spacial score (nSPS) is 11.0. The van der Waals surface area contributed by atoms with Crippen molar-refractivity contribution in [1.82, 2.24) is 9.97 Å². The molecule has 7 aromatic rings. The summed E-state index contributed by atoms with van der Waals surface area (Å²) in [5, 5.41) is 7.59. The Labute approximate surface area is 266 Å². The molecule has 2 aromatic heterocycles. The molecular weight excluding hydrogens is 568 g/mol. The third-order valence-electron chi connectivity index (χ3n) is 8.14. The molecule has 7 rings (SSSR count). The SMILES string of the molecule is Cc1ccccc1-c1cc(C(=O)Nc2cccc(NC(=O)c3cc(-c4ccccc4C)nc4ccccc34)c2)c2ccccc2n1. The van der Waals surface area contributed by atoms with E-state index in [1.807, 2.05) is 123 Å². The molecule has 2 heterocycles. The van der Waals surface area contributed by atoms with Crippen molar-refractivity contribution >= 4 is 45.0 Å². The summed E-state index contributed by atoms with van der Waals surface area (Å²) >= 11 is 0. The summed E-state index contributed by atoms with van der Waals surface area (Å²) < 4.78 is 0. The number of benzene rings is 5. The van der Waals surface area contributed by atoms with Crippen LogP contribution in [0.4, 0.5) is 11.4 Å². The summed E-state index contributed by atoms with van der Waals surface area (Å²) in [6.07, 6.45) is 0. The summed E-state index contributed by atoms with van der Waals surface area (Å²) in [7, 11) is 0. The van der Waals surface area contributed by atoms with Crippen LogP contribution >= 0.6 is 0 Å². The number of rotatable bonds is 6. The van der Waals surface area contributed by atoms with Gasteiger partial charge < -0.3 is 10.6 Å². The summed E-state index contributed by atoms with van der Waals surface area (Å²) in [5.74, 6) is -0.528. The maximum absolute atomic E-state index is 13.8. The number of pyridine rings is 2. The molecule has 2 amide bonds. The average Bonchev–Trinajstić information content (AvgIpc) is 3.08. The molecule has 6 heteroatoms. The minimum Gasteiger partial charge on any atom is -0.322 e. The first-order valence-electron chi connectivity index (χ1n) is 15.1. The number of fused-ring (bicyclic) bond motifs is 2. The van der Waals surface area contributed by atoms with E-state index in [1.165, 1.54) is 0 Å². The smallest absolute Gasteiger partial charge is 0.256 e. The van der Waals surface area contributed by atoms with Gasteiger partial charge in [-0.2, -0.15) is 0 Å². The van der Waals surface area contributed by atoms with Crippen molar-refractivity contribution in [3.8, 4) is 22.5 Å². The zero-order valence-corrected chi connectivity index (χ0v) is 25.4. The Bertz CT molecular complexity index is 2130. The van der Waals surface area contributed by atoms with Gasteiger partial charge in [-0.3, -0.25) is 9.59 Å². The molecule has 2 N–H and O–H groups in total. The highest BCUT2D eigenvalue weighted by Gasteiger charge is 2.17. The molecule has 46 heavy (non-hydrogen) atoms. The molecule has 0 radical (unpaired) electrons. The molecular formula is C40H30N4O2. The van der Waals surface area contributed by atoms with Crippen LogP contribution in [0.25, 0.3) is 44.3 Å². The van der Waals surface area contributed by atoms with Gasteiger partial charge in [-0.25, -0.2) is 9.97 Å². The summed E-state index contributed by atoms with van der Waals surface area (Å²) in [6, 6.07) is 42.1. The standard InChI is InChI=1S/C40H30N4O2/c1-25-12-3-5-16-29(25)37-23-33(31-18-7-9-20-35(31)43-37)39(45)41-27-14-11-15-28(22-27)42-40(46)34-24-38(30-17-6-4-13-26(30)2)44-36-21-10-8-19-32(34)36/h3-24H,1-2H3,(H,41,45)(H,42,46). The molecule has 0 saturated heterocycles. The fraction of sp³-hybridized carbons (Fsp3) is 0.0500. The van der Waals surface area contributed by atoms with Gasteiger partial charge in [-0.05, 0) is 67.4 Å². The Kier molecular flexibility index (Phi) is 7.53. The minimum atomic E-state index is -0.264. The van der Waals surface area contributed by atoms with Crippen LogP contribution in [-0.4, -0.2) is 21.8 Å². The molecule has 0 aliphatic rings. The Morgan fingerprint density at radius 2 is 0.891 bits per heavy atom. The molecule has 0 unspecified atom stereocenters. The number of carbonyl (C=O) groups is 2. The number of hydrogen-bond acceptors (Lipinski definition) is 4. The quantitative estimate of drug-likeness (QED) is 0.200. The van der Waals surface area contributed by atoms with E-state index in [1.54, 1.807) is 24.3 Å². The van der Waals surface area contributed by atoms with Crippen molar-refractivity contribution in [1.29, 1.82) is 0 Å². The van der Waals surface area contributed by atoms with Gasteiger partial charge in [0, 0.05) is 33.3 Å². The van der Waals surface area contributed by atoms with E-state index in [4.69, 9.17) is 9.97 Å². The Morgan fingerprint density at radius 1 is 0.478 bits per heavy atom. The molecule has 5 aromatic carbocycles. The van der Waals surface area contributed by atoms with Crippen molar-refractivity contribution in [3.63, 3.8) is 0 Å². The van der Waals surface area contributed by atoms with Crippen LogP contribution in [0.1, 0.15) is 31.8 Å². The van der Waals surface area contributed by atoms with Crippen molar-refractivity contribution < 1.29 is 9.59 Å². The maximum Gasteiger partial charge on any atom is 0.256 e. The molecule has 6 nitrogen and oxygen atoms in total. The molecule has 0 fully saturated rings. The largest absolute Gasteiger partial charge is 0.322 e. The lowest BCUT2D eigenvalue weighted by atomic mass is 10.0. The van der Waals surface area contributed by atoms with Crippen LogP contribution in [0, 0.1) is 13.8 Å². The second-order valence-electron chi connectivity index (χ2n) is 11.3. The number of nitrogens with one attached hydrogen (secondary N) is 2. The first-order chi connectivity index (χ1) is 22.4. The number of nitrogens with zero attached hydrogens (tertiary/aromatic N) is 2. The van der Waals surface area contributed by atoms with Gasteiger partial charge in [-0.15, -0.1) is 0 Å². The highest BCUT2D eigenvalue weighted by Crippen LogP contribution is 2.30. The van der Waals surface area contributed by atoms with E-state index in [-0.39, 0.29) is 11.8 Å². The monoisotopic (exact) mass is 598 g/mol. The Hall–Kier alpha value is -6.14. The van der Waals surface area contributed by atoms with Crippen molar-refractivity contribution in [2.45, 2.75) is 13.8 Å². The highest BCUT2D eigenvalue weighted by atomic mass is 16.2. The lowest BCUT2D eigenvalue weighted by Gasteiger charge is -2.14. The van der Waals surface area contributed by atoms with Gasteiger partial charge in [0.2, 0.25) is 0 Å². The number of hydrogen-bond donors (Lipinski definition) is 2. The third kappa shape index (κ3) is 5.60. The van der Waals surface area contributed by atoms with Crippen LogP contribution in [-0.2, 0) is 0 Å². The Balaban J connectivity index is 1.19. The molecule has 0 bridgehead atoms. The number of amides is 2. The molecule has 0 aliphatic heterocycles. The summed E-state index contributed by atoms with van der Waals surface area (Å²) in [4.78, 5) is 37.2.